The van der Waals surface area contributed by atoms with Crippen molar-refractivity contribution >= 4 is 15.7 Å². The summed E-state index contributed by atoms with van der Waals surface area (Å²) >= 11 is 0. The van der Waals surface area contributed by atoms with Crippen molar-refractivity contribution < 1.29 is 12.9 Å². The second-order valence-corrected chi connectivity index (χ2v) is 6.46. The molecule has 0 radical (unpaired) electrons. The molecule has 3 N–H and O–H groups in total. The third-order valence-electron chi connectivity index (χ3n) is 3.04. The lowest BCUT2D eigenvalue weighted by atomic mass is 10.1. The molecule has 0 amide bonds. The number of aromatic nitrogens is 1. The van der Waals surface area contributed by atoms with E-state index in [1.54, 1.807) is 26.0 Å². The number of nitrogens with two attached hydrogens (primary N) is 1. The highest BCUT2D eigenvalue weighted by Crippen LogP contribution is 2.22. The second-order valence-electron chi connectivity index (χ2n) is 4.72. The smallest absolute Gasteiger partial charge is 0.241 e. The lowest BCUT2D eigenvalue weighted by Crippen LogP contribution is -2.24. The van der Waals surface area contributed by atoms with E-state index in [-0.39, 0.29) is 11.4 Å². The SMILES string of the molecule is Cc1cc(CNS(=O)(=O)c2cc(N)cc(C)c2C)on1. The number of nitrogens with zero attached hydrogens (tertiary/aromatic N) is 1. The summed E-state index contributed by atoms with van der Waals surface area (Å²) in [6, 6.07) is 4.88. The number of nitrogens with one attached hydrogen (secondary N) is 1. The van der Waals surface area contributed by atoms with Crippen LogP contribution in [-0.2, 0) is 16.6 Å². The number of anilines is 1. The Bertz CT molecular complexity index is 735. The predicted molar refractivity (Wildman–Crippen MR) is 75.6 cm³/mol. The van der Waals surface area contributed by atoms with Crippen LogP contribution >= 0.6 is 0 Å². The minimum atomic E-state index is -3.64. The van der Waals surface area contributed by atoms with E-state index in [0.717, 1.165) is 5.56 Å². The Morgan fingerprint density at radius 1 is 1.25 bits per heavy atom. The molecular weight excluding hydrogens is 278 g/mol. The van der Waals surface area contributed by atoms with Crippen LogP contribution in [0.2, 0.25) is 0 Å². The standard InChI is InChI=1S/C13H17N3O3S/c1-8-4-11(14)6-13(10(8)3)20(17,18)15-7-12-5-9(2)16-19-12/h4-6,15H,7,14H2,1-3H3. The van der Waals surface area contributed by atoms with E-state index in [0.29, 0.717) is 22.7 Å². The molecule has 1 aromatic heterocycles. The van der Waals surface area contributed by atoms with Crippen molar-refractivity contribution in [3.63, 3.8) is 0 Å². The van der Waals surface area contributed by atoms with Crippen LogP contribution in [0.4, 0.5) is 5.69 Å². The van der Waals surface area contributed by atoms with Crippen molar-refractivity contribution in [1.29, 1.82) is 0 Å². The first-order valence-corrected chi connectivity index (χ1v) is 7.56. The van der Waals surface area contributed by atoms with Gasteiger partial charge in [0.2, 0.25) is 10.0 Å². The minimum Gasteiger partial charge on any atom is -0.399 e. The first-order chi connectivity index (χ1) is 9.29. The van der Waals surface area contributed by atoms with E-state index in [9.17, 15) is 8.42 Å². The molecule has 0 fully saturated rings. The zero-order valence-electron chi connectivity index (χ0n) is 11.6. The molecule has 0 aliphatic heterocycles. The van der Waals surface area contributed by atoms with Gasteiger partial charge in [-0.25, -0.2) is 13.1 Å². The summed E-state index contributed by atoms with van der Waals surface area (Å²) in [5.74, 6) is 0.462. The van der Waals surface area contributed by atoms with Gasteiger partial charge in [-0.15, -0.1) is 0 Å². The molecule has 1 heterocycles. The van der Waals surface area contributed by atoms with Gasteiger partial charge in [-0.3, -0.25) is 0 Å². The number of nitrogen functional groups attached to an aromatic ring is 1. The number of aryl methyl sites for hydroxylation is 2. The van der Waals surface area contributed by atoms with Crippen LogP contribution in [0.3, 0.4) is 0 Å². The van der Waals surface area contributed by atoms with Crippen molar-refractivity contribution in [2.45, 2.75) is 32.2 Å². The van der Waals surface area contributed by atoms with Crippen LogP contribution < -0.4 is 10.5 Å². The van der Waals surface area contributed by atoms with E-state index in [2.05, 4.69) is 9.88 Å². The van der Waals surface area contributed by atoms with Crippen molar-refractivity contribution in [1.82, 2.24) is 9.88 Å². The van der Waals surface area contributed by atoms with Crippen LogP contribution in [0.1, 0.15) is 22.6 Å². The molecule has 2 aromatic rings. The molecule has 0 atom stereocenters. The van der Waals surface area contributed by atoms with Crippen LogP contribution in [0, 0.1) is 20.8 Å². The number of sulfonamides is 1. The predicted octanol–water partition coefficient (Wildman–Crippen LogP) is 1.66. The molecule has 0 spiro atoms. The van der Waals surface area contributed by atoms with Crippen LogP contribution in [0.5, 0.6) is 0 Å². The average Bonchev–Trinajstić information content (AvgIpc) is 2.77. The minimum absolute atomic E-state index is 0.0520. The zero-order valence-corrected chi connectivity index (χ0v) is 12.4. The van der Waals surface area contributed by atoms with Gasteiger partial charge in [-0.1, -0.05) is 5.16 Å². The maximum atomic E-state index is 12.3. The monoisotopic (exact) mass is 295 g/mol. The number of hydrogen-bond donors (Lipinski definition) is 2. The number of benzene rings is 1. The number of rotatable bonds is 4. The van der Waals surface area contributed by atoms with Gasteiger partial charge in [-0.05, 0) is 44.0 Å². The van der Waals surface area contributed by atoms with E-state index >= 15 is 0 Å². The van der Waals surface area contributed by atoms with Gasteiger partial charge in [0, 0.05) is 11.8 Å². The first-order valence-electron chi connectivity index (χ1n) is 6.08. The van der Waals surface area contributed by atoms with Gasteiger partial charge in [0.1, 0.15) is 0 Å². The van der Waals surface area contributed by atoms with Crippen molar-refractivity contribution in [3.8, 4) is 0 Å². The zero-order chi connectivity index (χ0) is 14.9. The van der Waals surface area contributed by atoms with Gasteiger partial charge in [0.15, 0.2) is 5.76 Å². The quantitative estimate of drug-likeness (QED) is 0.836. The third kappa shape index (κ3) is 3.00. The maximum Gasteiger partial charge on any atom is 0.241 e. The largest absolute Gasteiger partial charge is 0.399 e. The maximum absolute atomic E-state index is 12.3. The molecule has 0 saturated heterocycles. The van der Waals surface area contributed by atoms with Crippen molar-refractivity contribution in [2.75, 3.05) is 5.73 Å². The van der Waals surface area contributed by atoms with E-state index < -0.39 is 10.0 Å². The molecule has 6 nitrogen and oxygen atoms in total. The Morgan fingerprint density at radius 3 is 2.55 bits per heavy atom. The molecule has 2 rings (SSSR count). The van der Waals surface area contributed by atoms with Crippen LogP contribution in [-0.4, -0.2) is 13.6 Å². The summed E-state index contributed by atoms with van der Waals surface area (Å²) in [5.41, 5.74) is 8.35. The van der Waals surface area contributed by atoms with E-state index in [1.807, 2.05) is 6.92 Å². The number of hydrogen-bond acceptors (Lipinski definition) is 5. The lowest BCUT2D eigenvalue weighted by Gasteiger charge is -2.11. The first kappa shape index (κ1) is 14.5. The second kappa shape index (κ2) is 5.26. The van der Waals surface area contributed by atoms with Crippen LogP contribution in [0.15, 0.2) is 27.6 Å². The summed E-state index contributed by atoms with van der Waals surface area (Å²) in [7, 11) is -3.64. The summed E-state index contributed by atoms with van der Waals surface area (Å²) in [6.45, 7) is 5.40. The molecule has 1 aromatic carbocycles. The van der Waals surface area contributed by atoms with Gasteiger partial charge in [0.25, 0.3) is 0 Å². The molecule has 20 heavy (non-hydrogen) atoms. The van der Waals surface area contributed by atoms with Crippen molar-refractivity contribution in [2.24, 2.45) is 0 Å². The van der Waals surface area contributed by atoms with Gasteiger partial charge in [0.05, 0.1) is 17.1 Å². The average molecular weight is 295 g/mol. The molecule has 108 valence electrons. The fourth-order valence-electron chi connectivity index (χ4n) is 1.88. The highest BCUT2D eigenvalue weighted by Gasteiger charge is 2.19. The Morgan fingerprint density at radius 2 is 1.95 bits per heavy atom. The Balaban J connectivity index is 2.27. The highest BCUT2D eigenvalue weighted by atomic mass is 32.2. The van der Waals surface area contributed by atoms with Gasteiger partial charge < -0.3 is 10.3 Å². The molecule has 0 aliphatic carbocycles. The fraction of sp³-hybridized carbons (Fsp3) is 0.308. The van der Waals surface area contributed by atoms with E-state index in [1.165, 1.54) is 6.07 Å². The molecular formula is C13H17N3O3S. The normalized spacial score (nSPS) is 11.8. The molecule has 0 unspecified atom stereocenters. The Kier molecular flexibility index (Phi) is 3.82. The summed E-state index contributed by atoms with van der Waals surface area (Å²) in [5, 5.41) is 3.71. The fourth-order valence-corrected chi connectivity index (χ4v) is 3.22. The van der Waals surface area contributed by atoms with E-state index in [4.69, 9.17) is 10.3 Å². The molecule has 0 bridgehead atoms. The van der Waals surface area contributed by atoms with Crippen molar-refractivity contribution in [3.05, 3.63) is 40.8 Å². The Hall–Kier alpha value is -1.86. The Labute approximate surface area is 118 Å². The molecule has 7 heteroatoms. The van der Waals surface area contributed by atoms with Crippen LogP contribution in [0.25, 0.3) is 0 Å². The summed E-state index contributed by atoms with van der Waals surface area (Å²) in [6.07, 6.45) is 0. The molecule has 0 aliphatic rings. The highest BCUT2D eigenvalue weighted by molar-refractivity contribution is 7.89. The summed E-state index contributed by atoms with van der Waals surface area (Å²) < 4.78 is 32.1. The van der Waals surface area contributed by atoms with Gasteiger partial charge >= 0.3 is 0 Å². The topological polar surface area (TPSA) is 98.2 Å². The van der Waals surface area contributed by atoms with Gasteiger partial charge in [-0.2, -0.15) is 0 Å². The molecule has 0 saturated carbocycles. The lowest BCUT2D eigenvalue weighted by molar-refractivity contribution is 0.377. The summed E-state index contributed by atoms with van der Waals surface area (Å²) in [4.78, 5) is 0.186. The third-order valence-corrected chi connectivity index (χ3v) is 4.57.